The Kier molecular flexibility index (Phi) is 8.75. The van der Waals surface area contributed by atoms with Gasteiger partial charge in [-0.25, -0.2) is 19.9 Å². The predicted molar refractivity (Wildman–Crippen MR) is 258 cm³/mol. The van der Waals surface area contributed by atoms with E-state index in [1.165, 1.54) is 0 Å². The molecule has 0 spiro atoms. The van der Waals surface area contributed by atoms with Crippen molar-refractivity contribution >= 4 is 43.6 Å². The molecule has 0 saturated carbocycles. The number of rotatable bonds is 7. The van der Waals surface area contributed by atoms with E-state index in [2.05, 4.69) is 194 Å². The molecule has 0 N–H and O–H groups in total. The quantitative estimate of drug-likeness (QED) is 0.150. The Labute approximate surface area is 363 Å². The van der Waals surface area contributed by atoms with E-state index < -0.39 is 0 Å². The Bertz CT molecular complexity index is 3540. The number of pyridine rings is 1. The molecule has 0 radical (unpaired) electrons. The summed E-state index contributed by atoms with van der Waals surface area (Å²) in [5.41, 5.74) is 13.9. The van der Waals surface area contributed by atoms with Crippen LogP contribution in [0.5, 0.6) is 0 Å². The lowest BCUT2D eigenvalue weighted by Crippen LogP contribution is -2.00. The van der Waals surface area contributed by atoms with Gasteiger partial charge in [0, 0.05) is 43.8 Å². The van der Waals surface area contributed by atoms with Gasteiger partial charge >= 0.3 is 0 Å². The molecule has 0 bridgehead atoms. The summed E-state index contributed by atoms with van der Waals surface area (Å²) in [7, 11) is 0. The maximum atomic E-state index is 6.62. The van der Waals surface area contributed by atoms with E-state index in [0.717, 1.165) is 105 Å². The first-order valence-electron chi connectivity index (χ1n) is 21.1. The smallest absolute Gasteiger partial charge is 0.164 e. The van der Waals surface area contributed by atoms with Crippen molar-refractivity contribution in [3.63, 3.8) is 0 Å². The number of fused-ring (bicyclic) bond motifs is 7. The molecule has 12 aromatic rings. The average Bonchev–Trinajstić information content (AvgIpc) is 3.77. The number of aromatic nitrogens is 4. The van der Waals surface area contributed by atoms with Gasteiger partial charge in [-0.05, 0) is 50.9 Å². The molecule has 0 saturated heterocycles. The normalized spacial score (nSPS) is 11.5. The summed E-state index contributed by atoms with van der Waals surface area (Å²) in [5.74, 6) is 1.84. The van der Waals surface area contributed by atoms with Gasteiger partial charge in [0.1, 0.15) is 11.3 Å². The van der Waals surface area contributed by atoms with Crippen molar-refractivity contribution in [2.45, 2.75) is 0 Å². The maximum absolute atomic E-state index is 6.62. The molecule has 3 heterocycles. The first-order valence-corrected chi connectivity index (χ1v) is 21.1. The van der Waals surface area contributed by atoms with E-state index in [-0.39, 0.29) is 0 Å². The third-order valence-electron chi connectivity index (χ3n) is 12.0. The van der Waals surface area contributed by atoms with Gasteiger partial charge in [0.2, 0.25) is 0 Å². The molecule has 0 aliphatic carbocycles. The molecule has 0 fully saturated rings. The number of hydrogen-bond acceptors (Lipinski definition) is 5. The number of benzene rings is 9. The standard InChI is InChI=1S/C58H36N4O/c1-3-12-37(13-4-1)39-22-28-43(29-23-39)56-60-57(44-30-24-40(25-31-44)38-14-5-2-6-15-38)62-58(61-56)45-32-26-41(27-33-45)46-17-11-18-47(36-46)53-55-52(49-20-9-10-21-51(49)63-55)50-35-34-42-16-7-8-19-48(42)54(50)59-53/h1-36H. The number of furan rings is 1. The topological polar surface area (TPSA) is 64.7 Å². The van der Waals surface area contributed by atoms with Crippen molar-refractivity contribution in [2.75, 3.05) is 0 Å². The number of para-hydroxylation sites is 1. The van der Waals surface area contributed by atoms with Crippen molar-refractivity contribution in [1.29, 1.82) is 0 Å². The van der Waals surface area contributed by atoms with Crippen LogP contribution in [0, 0.1) is 0 Å². The Morgan fingerprint density at radius 1 is 0.286 bits per heavy atom. The monoisotopic (exact) mass is 804 g/mol. The summed E-state index contributed by atoms with van der Waals surface area (Å²) >= 11 is 0. The van der Waals surface area contributed by atoms with Gasteiger partial charge in [-0.2, -0.15) is 0 Å². The zero-order chi connectivity index (χ0) is 41.7. The Morgan fingerprint density at radius 2 is 0.730 bits per heavy atom. The predicted octanol–water partition coefficient (Wildman–Crippen LogP) is 15.1. The molecule has 0 atom stereocenters. The summed E-state index contributed by atoms with van der Waals surface area (Å²) in [5, 5.41) is 5.53. The second-order valence-electron chi connectivity index (χ2n) is 15.8. The van der Waals surface area contributed by atoms with Crippen LogP contribution in [0.4, 0.5) is 0 Å². The molecule has 63 heavy (non-hydrogen) atoms. The van der Waals surface area contributed by atoms with Crippen LogP contribution in [0.3, 0.4) is 0 Å². The fraction of sp³-hybridized carbons (Fsp3) is 0. The largest absolute Gasteiger partial charge is 0.454 e. The molecule has 0 aliphatic heterocycles. The fourth-order valence-electron chi connectivity index (χ4n) is 8.72. The lowest BCUT2D eigenvalue weighted by molar-refractivity contribution is 0.669. The zero-order valence-corrected chi connectivity index (χ0v) is 34.0. The maximum Gasteiger partial charge on any atom is 0.164 e. The molecule has 0 aliphatic rings. The highest BCUT2D eigenvalue weighted by Gasteiger charge is 2.20. The summed E-state index contributed by atoms with van der Waals surface area (Å²) in [6, 6.07) is 75.7. The molecule has 9 aromatic carbocycles. The summed E-state index contributed by atoms with van der Waals surface area (Å²) in [4.78, 5) is 20.6. The van der Waals surface area contributed by atoms with Gasteiger partial charge in [0.05, 0.1) is 5.52 Å². The van der Waals surface area contributed by atoms with Crippen molar-refractivity contribution in [3.8, 4) is 78.8 Å². The van der Waals surface area contributed by atoms with Gasteiger partial charge in [-0.15, -0.1) is 0 Å². The minimum absolute atomic E-state index is 0.606. The molecule has 12 rings (SSSR count). The average molecular weight is 805 g/mol. The van der Waals surface area contributed by atoms with Gasteiger partial charge in [-0.1, -0.05) is 206 Å². The highest BCUT2D eigenvalue weighted by atomic mass is 16.3. The van der Waals surface area contributed by atoms with Crippen LogP contribution >= 0.6 is 0 Å². The van der Waals surface area contributed by atoms with Crippen LogP contribution in [0.1, 0.15) is 0 Å². The molecular weight excluding hydrogens is 769 g/mol. The van der Waals surface area contributed by atoms with Crippen molar-refractivity contribution in [2.24, 2.45) is 0 Å². The van der Waals surface area contributed by atoms with Crippen LogP contribution in [-0.4, -0.2) is 19.9 Å². The van der Waals surface area contributed by atoms with Gasteiger partial charge in [0.25, 0.3) is 0 Å². The van der Waals surface area contributed by atoms with Crippen LogP contribution in [-0.2, 0) is 0 Å². The molecule has 294 valence electrons. The number of nitrogens with zero attached hydrogens (tertiary/aromatic N) is 4. The van der Waals surface area contributed by atoms with Crippen LogP contribution in [0.2, 0.25) is 0 Å². The van der Waals surface area contributed by atoms with E-state index in [4.69, 9.17) is 24.4 Å². The zero-order valence-electron chi connectivity index (χ0n) is 34.0. The Balaban J connectivity index is 0.933. The van der Waals surface area contributed by atoms with Crippen molar-refractivity contribution < 1.29 is 4.42 Å². The SMILES string of the molecule is c1ccc(-c2ccc(-c3nc(-c4ccc(-c5ccccc5)cc4)nc(-c4ccc(-c5cccc(-c6nc7c8ccccc8ccc7c7c6oc6ccccc67)c5)cc4)n3)cc2)cc1. The minimum Gasteiger partial charge on any atom is -0.454 e. The molecular formula is C58H36N4O. The van der Waals surface area contributed by atoms with Gasteiger partial charge in [-0.3, -0.25) is 0 Å². The Hall–Kier alpha value is -8.54. The first-order chi connectivity index (χ1) is 31.2. The third kappa shape index (κ3) is 6.60. The fourth-order valence-corrected chi connectivity index (χ4v) is 8.72. The van der Waals surface area contributed by atoms with E-state index in [0.29, 0.717) is 17.5 Å². The molecule has 0 amide bonds. The highest BCUT2D eigenvalue weighted by Crippen LogP contribution is 2.42. The molecule has 0 unspecified atom stereocenters. The summed E-state index contributed by atoms with van der Waals surface area (Å²) in [6.45, 7) is 0. The molecule has 3 aromatic heterocycles. The Morgan fingerprint density at radius 3 is 1.32 bits per heavy atom. The van der Waals surface area contributed by atoms with E-state index in [1.54, 1.807) is 0 Å². The minimum atomic E-state index is 0.606. The second-order valence-corrected chi connectivity index (χ2v) is 15.8. The van der Waals surface area contributed by atoms with E-state index in [1.807, 2.05) is 24.3 Å². The number of hydrogen-bond donors (Lipinski definition) is 0. The molecule has 5 nitrogen and oxygen atoms in total. The van der Waals surface area contributed by atoms with Crippen LogP contribution in [0.25, 0.3) is 122 Å². The van der Waals surface area contributed by atoms with E-state index >= 15 is 0 Å². The summed E-state index contributed by atoms with van der Waals surface area (Å²) in [6.07, 6.45) is 0. The first kappa shape index (κ1) is 36.3. The van der Waals surface area contributed by atoms with Gasteiger partial charge in [0.15, 0.2) is 23.1 Å². The lowest BCUT2D eigenvalue weighted by Gasteiger charge is -2.11. The third-order valence-corrected chi connectivity index (χ3v) is 12.0. The summed E-state index contributed by atoms with van der Waals surface area (Å²) < 4.78 is 6.62. The van der Waals surface area contributed by atoms with Crippen LogP contribution in [0.15, 0.2) is 223 Å². The van der Waals surface area contributed by atoms with E-state index in [9.17, 15) is 0 Å². The second kappa shape index (κ2) is 15.2. The van der Waals surface area contributed by atoms with Crippen molar-refractivity contribution in [3.05, 3.63) is 218 Å². The molecule has 5 heteroatoms. The lowest BCUT2D eigenvalue weighted by atomic mass is 9.97. The van der Waals surface area contributed by atoms with Crippen molar-refractivity contribution in [1.82, 2.24) is 19.9 Å². The van der Waals surface area contributed by atoms with Crippen LogP contribution < -0.4 is 0 Å². The van der Waals surface area contributed by atoms with Gasteiger partial charge < -0.3 is 4.42 Å². The highest BCUT2D eigenvalue weighted by molar-refractivity contribution is 6.24.